The Labute approximate surface area is 106 Å². The van der Waals surface area contributed by atoms with E-state index in [0.717, 1.165) is 25.7 Å². The van der Waals surface area contributed by atoms with Crippen LogP contribution in [-0.4, -0.2) is 19.5 Å². The first-order valence-corrected chi connectivity index (χ1v) is 8.01. The van der Waals surface area contributed by atoms with Crippen molar-refractivity contribution in [1.82, 2.24) is 4.72 Å². The molecule has 1 radical (unpaired) electrons. The maximum absolute atomic E-state index is 10.3. The average molecular weight is 264 g/mol. The molecule has 0 aromatic rings. The van der Waals surface area contributed by atoms with Crippen LogP contribution in [0.5, 0.6) is 0 Å². The molecular formula is C12H26NO3S. The molecule has 17 heavy (non-hydrogen) atoms. The van der Waals surface area contributed by atoms with Crippen LogP contribution in [0.1, 0.15) is 64.2 Å². The van der Waals surface area contributed by atoms with Crippen LogP contribution >= 0.6 is 0 Å². The van der Waals surface area contributed by atoms with Crippen LogP contribution in [-0.2, 0) is 10.3 Å². The first-order chi connectivity index (χ1) is 8.06. The zero-order chi connectivity index (χ0) is 13.0. The summed E-state index contributed by atoms with van der Waals surface area (Å²) in [5.41, 5.74) is 0. The molecule has 0 saturated heterocycles. The van der Waals surface area contributed by atoms with E-state index in [1.165, 1.54) is 38.5 Å². The highest BCUT2D eigenvalue weighted by molar-refractivity contribution is 7.83. The fourth-order valence-corrected chi connectivity index (χ4v) is 2.14. The second-order valence-electron chi connectivity index (χ2n) is 4.40. The zero-order valence-electron chi connectivity index (χ0n) is 10.7. The monoisotopic (exact) mass is 264 g/mol. The Morgan fingerprint density at radius 1 is 0.824 bits per heavy atom. The molecule has 0 aromatic heterocycles. The minimum Gasteiger partial charge on any atom is -0.273 e. The second kappa shape index (κ2) is 11.0. The molecule has 2 N–H and O–H groups in total. The van der Waals surface area contributed by atoms with Crippen molar-refractivity contribution in [2.45, 2.75) is 64.2 Å². The number of nitrogens with one attached hydrogen (secondary N) is 1. The van der Waals surface area contributed by atoms with E-state index in [4.69, 9.17) is 4.55 Å². The van der Waals surface area contributed by atoms with Crippen LogP contribution in [0.4, 0.5) is 0 Å². The molecule has 4 nitrogen and oxygen atoms in total. The van der Waals surface area contributed by atoms with Crippen molar-refractivity contribution >= 4 is 10.3 Å². The summed E-state index contributed by atoms with van der Waals surface area (Å²) in [5, 5.41) is 0. The molecule has 0 aliphatic heterocycles. The molecule has 0 aromatic carbocycles. The van der Waals surface area contributed by atoms with Crippen LogP contribution in [0.2, 0.25) is 0 Å². The Kier molecular flexibility index (Phi) is 10.9. The minimum absolute atomic E-state index is 0.336. The third-order valence-corrected chi connectivity index (χ3v) is 3.28. The summed E-state index contributed by atoms with van der Waals surface area (Å²) in [6.45, 7) is 4.15. The quantitative estimate of drug-likeness (QED) is 0.420. The topological polar surface area (TPSA) is 66.4 Å². The van der Waals surface area contributed by atoms with Gasteiger partial charge in [-0.25, -0.2) is 0 Å². The summed E-state index contributed by atoms with van der Waals surface area (Å²) >= 11 is 0. The van der Waals surface area contributed by atoms with Gasteiger partial charge in [-0.05, 0) is 6.42 Å². The first kappa shape index (κ1) is 16.9. The molecule has 0 saturated carbocycles. The molecule has 0 atom stereocenters. The van der Waals surface area contributed by atoms with E-state index >= 15 is 0 Å². The van der Waals surface area contributed by atoms with Gasteiger partial charge in [-0.1, -0.05) is 64.7 Å². The van der Waals surface area contributed by atoms with Crippen molar-refractivity contribution in [3.8, 4) is 0 Å². The molecule has 0 aliphatic carbocycles. The van der Waals surface area contributed by atoms with E-state index in [2.05, 4.69) is 11.6 Å². The van der Waals surface area contributed by atoms with Crippen molar-refractivity contribution in [3.05, 3.63) is 6.92 Å². The molecule has 0 heterocycles. The average Bonchev–Trinajstić information content (AvgIpc) is 2.24. The van der Waals surface area contributed by atoms with E-state index in [0.29, 0.717) is 6.54 Å². The van der Waals surface area contributed by atoms with Crippen LogP contribution in [0.25, 0.3) is 0 Å². The normalized spacial score (nSPS) is 11.9. The van der Waals surface area contributed by atoms with Gasteiger partial charge in [-0.3, -0.25) is 4.55 Å². The Bertz CT molecular complexity index is 252. The fraction of sp³-hybridized carbons (Fsp3) is 0.917. The predicted octanol–water partition coefficient (Wildman–Crippen LogP) is 3.11. The largest absolute Gasteiger partial charge is 0.333 e. The molecule has 0 amide bonds. The van der Waals surface area contributed by atoms with Gasteiger partial charge in [0.1, 0.15) is 0 Å². The molecule has 0 spiro atoms. The van der Waals surface area contributed by atoms with E-state index in [9.17, 15) is 8.42 Å². The molecule has 0 unspecified atom stereocenters. The van der Waals surface area contributed by atoms with Gasteiger partial charge in [0.25, 0.3) is 0 Å². The molecule has 0 fully saturated rings. The fourth-order valence-electron chi connectivity index (χ4n) is 1.74. The summed E-state index contributed by atoms with van der Waals surface area (Å²) < 4.78 is 31.1. The molecule has 0 bridgehead atoms. The highest BCUT2D eigenvalue weighted by Gasteiger charge is 2.00. The van der Waals surface area contributed by atoms with Gasteiger partial charge in [0.05, 0.1) is 0 Å². The first-order valence-electron chi connectivity index (χ1n) is 6.57. The van der Waals surface area contributed by atoms with E-state index < -0.39 is 10.3 Å². The molecule has 5 heteroatoms. The van der Waals surface area contributed by atoms with Crippen LogP contribution in [0, 0.1) is 6.92 Å². The van der Waals surface area contributed by atoms with Gasteiger partial charge >= 0.3 is 10.3 Å². The third-order valence-electron chi connectivity index (χ3n) is 2.71. The van der Waals surface area contributed by atoms with Crippen LogP contribution in [0.3, 0.4) is 0 Å². The summed E-state index contributed by atoms with van der Waals surface area (Å²) in [6, 6.07) is 0. The Morgan fingerprint density at radius 2 is 1.24 bits per heavy atom. The standard InChI is InChI=1S/C12H26NO3S/c1-2-3-4-5-6-7-8-9-10-11-12-13-17(14,15)16/h13H,1-12H2,(H,14,15,16). The van der Waals surface area contributed by atoms with E-state index in [1.807, 2.05) is 0 Å². The smallest absolute Gasteiger partial charge is 0.273 e. The lowest BCUT2D eigenvalue weighted by molar-refractivity contribution is 0.464. The van der Waals surface area contributed by atoms with E-state index in [-0.39, 0.29) is 0 Å². The lowest BCUT2D eigenvalue weighted by Crippen LogP contribution is -2.23. The van der Waals surface area contributed by atoms with Crippen LogP contribution < -0.4 is 4.72 Å². The Hall–Kier alpha value is -0.130. The number of hydrogen-bond donors (Lipinski definition) is 2. The minimum atomic E-state index is -3.99. The Morgan fingerprint density at radius 3 is 1.65 bits per heavy atom. The lowest BCUT2D eigenvalue weighted by Gasteiger charge is -2.02. The highest BCUT2D eigenvalue weighted by Crippen LogP contribution is 2.10. The van der Waals surface area contributed by atoms with Crippen LogP contribution in [0.15, 0.2) is 0 Å². The molecular weight excluding hydrogens is 238 g/mol. The van der Waals surface area contributed by atoms with Crippen molar-refractivity contribution in [2.24, 2.45) is 0 Å². The van der Waals surface area contributed by atoms with Crippen molar-refractivity contribution in [3.63, 3.8) is 0 Å². The molecule has 103 valence electrons. The molecule has 0 aliphatic rings. The number of hydrogen-bond acceptors (Lipinski definition) is 2. The summed E-state index contributed by atoms with van der Waals surface area (Å²) in [6.07, 6.45) is 11.6. The maximum atomic E-state index is 10.3. The molecule has 0 rings (SSSR count). The van der Waals surface area contributed by atoms with Gasteiger partial charge in [0.2, 0.25) is 0 Å². The Balaban J connectivity index is 3.04. The maximum Gasteiger partial charge on any atom is 0.333 e. The number of rotatable bonds is 12. The summed E-state index contributed by atoms with van der Waals surface area (Å²) in [7, 11) is -3.99. The van der Waals surface area contributed by atoms with Crippen molar-refractivity contribution < 1.29 is 13.0 Å². The SMILES string of the molecule is [CH2]CCCCCCCCCCCNS(=O)(=O)O. The second-order valence-corrected chi connectivity index (χ2v) is 5.64. The van der Waals surface area contributed by atoms with E-state index in [1.54, 1.807) is 0 Å². The van der Waals surface area contributed by atoms with Gasteiger partial charge in [-0.15, -0.1) is 0 Å². The van der Waals surface area contributed by atoms with Crippen molar-refractivity contribution in [2.75, 3.05) is 6.54 Å². The highest BCUT2D eigenvalue weighted by atomic mass is 32.2. The lowest BCUT2D eigenvalue weighted by atomic mass is 10.1. The van der Waals surface area contributed by atoms with Gasteiger partial charge < -0.3 is 0 Å². The number of unbranched alkanes of at least 4 members (excludes halogenated alkanes) is 9. The van der Waals surface area contributed by atoms with Gasteiger partial charge in [-0.2, -0.15) is 13.1 Å². The summed E-state index contributed by atoms with van der Waals surface area (Å²) in [5.74, 6) is 0. The predicted molar refractivity (Wildman–Crippen MR) is 71.1 cm³/mol. The summed E-state index contributed by atoms with van der Waals surface area (Å²) in [4.78, 5) is 0. The van der Waals surface area contributed by atoms with Crippen molar-refractivity contribution in [1.29, 1.82) is 0 Å². The van der Waals surface area contributed by atoms with Gasteiger partial charge in [0, 0.05) is 6.54 Å². The zero-order valence-corrected chi connectivity index (χ0v) is 11.5. The van der Waals surface area contributed by atoms with Gasteiger partial charge in [0.15, 0.2) is 0 Å². The third kappa shape index (κ3) is 15.9.